The molecule has 0 spiro atoms. The first kappa shape index (κ1) is 22.9. The smallest absolute Gasteiger partial charge is 0.337 e. The molecule has 0 heterocycles. The van der Waals surface area contributed by atoms with E-state index >= 15 is 0 Å². The minimum absolute atomic E-state index is 0. The number of halogens is 2. The summed E-state index contributed by atoms with van der Waals surface area (Å²) in [5, 5.41) is 6.39. The van der Waals surface area contributed by atoms with Crippen molar-refractivity contribution in [3.05, 3.63) is 71.0 Å². The number of ether oxygens (including phenoxy) is 1. The number of hydrogen-bond acceptors (Lipinski definition) is 3. The third kappa shape index (κ3) is 7.54. The molecule has 27 heavy (non-hydrogen) atoms. The second-order valence-corrected chi connectivity index (χ2v) is 5.71. The molecule has 0 saturated carbocycles. The van der Waals surface area contributed by atoms with E-state index in [1.807, 2.05) is 18.2 Å². The van der Waals surface area contributed by atoms with Crippen molar-refractivity contribution in [1.82, 2.24) is 10.6 Å². The number of esters is 1. The van der Waals surface area contributed by atoms with Crippen LogP contribution in [0.25, 0.3) is 0 Å². The average molecular weight is 485 g/mol. The lowest BCUT2D eigenvalue weighted by molar-refractivity contribution is 0.0600. The highest BCUT2D eigenvalue weighted by Crippen LogP contribution is 2.07. The van der Waals surface area contributed by atoms with Gasteiger partial charge in [-0.25, -0.2) is 9.18 Å². The quantitative estimate of drug-likeness (QED) is 0.274. The van der Waals surface area contributed by atoms with Crippen molar-refractivity contribution in [1.29, 1.82) is 0 Å². The Balaban J connectivity index is 0.00000364. The van der Waals surface area contributed by atoms with Crippen molar-refractivity contribution >= 4 is 35.9 Å². The summed E-state index contributed by atoms with van der Waals surface area (Å²) in [7, 11) is 3.06. The Hall–Kier alpha value is -2.16. The number of hydrogen-bond donors (Lipinski definition) is 2. The Morgan fingerprint density at radius 3 is 2.26 bits per heavy atom. The second-order valence-electron chi connectivity index (χ2n) is 5.71. The molecule has 0 aliphatic rings. The SMILES string of the molecule is CN=C(NCCc1ccc(C(=O)OC)cc1)NCCc1ccccc1F.I. The standard InChI is InChI=1S/C20H24FN3O2.HI/c1-22-20(24-14-12-16-5-3-4-6-18(16)21)23-13-11-15-7-9-17(10-8-15)19(25)26-2;/h3-10H,11-14H2,1-2H3,(H2,22,23,24);1H. The van der Waals surface area contributed by atoms with Gasteiger partial charge in [-0.2, -0.15) is 0 Å². The van der Waals surface area contributed by atoms with Crippen LogP contribution >= 0.6 is 24.0 Å². The Bertz CT molecular complexity index is 751. The molecule has 2 N–H and O–H groups in total. The number of aliphatic imine (C=N–C) groups is 1. The minimum atomic E-state index is -0.339. The van der Waals surface area contributed by atoms with Gasteiger partial charge >= 0.3 is 5.97 Å². The zero-order valence-electron chi connectivity index (χ0n) is 15.5. The van der Waals surface area contributed by atoms with Gasteiger partial charge in [0.05, 0.1) is 12.7 Å². The summed E-state index contributed by atoms with van der Waals surface area (Å²) in [6.07, 6.45) is 1.37. The lowest BCUT2D eigenvalue weighted by Crippen LogP contribution is -2.39. The van der Waals surface area contributed by atoms with Crippen molar-refractivity contribution in [3.63, 3.8) is 0 Å². The Labute approximate surface area is 176 Å². The molecule has 5 nitrogen and oxygen atoms in total. The van der Waals surface area contributed by atoms with Crippen LogP contribution < -0.4 is 10.6 Å². The van der Waals surface area contributed by atoms with Crippen LogP contribution in [0.15, 0.2) is 53.5 Å². The van der Waals surface area contributed by atoms with Gasteiger partial charge in [-0.1, -0.05) is 30.3 Å². The molecule has 2 aromatic carbocycles. The molecule has 0 unspecified atom stereocenters. The first-order valence-electron chi connectivity index (χ1n) is 8.49. The Morgan fingerprint density at radius 1 is 1.04 bits per heavy atom. The van der Waals surface area contributed by atoms with E-state index in [0.29, 0.717) is 36.6 Å². The zero-order valence-corrected chi connectivity index (χ0v) is 17.8. The third-order valence-corrected chi connectivity index (χ3v) is 3.95. The molecule has 2 aromatic rings. The number of guanidine groups is 1. The van der Waals surface area contributed by atoms with Crippen molar-refractivity contribution in [3.8, 4) is 0 Å². The maximum absolute atomic E-state index is 13.6. The van der Waals surface area contributed by atoms with Gasteiger partial charge in [0, 0.05) is 20.1 Å². The highest BCUT2D eigenvalue weighted by Gasteiger charge is 2.05. The van der Waals surface area contributed by atoms with E-state index in [0.717, 1.165) is 12.0 Å². The Kier molecular flexibility index (Phi) is 10.4. The van der Waals surface area contributed by atoms with Crippen LogP contribution in [0.1, 0.15) is 21.5 Å². The molecular weight excluding hydrogens is 460 g/mol. The molecule has 0 saturated heterocycles. The van der Waals surface area contributed by atoms with E-state index in [4.69, 9.17) is 0 Å². The van der Waals surface area contributed by atoms with E-state index < -0.39 is 0 Å². The molecule has 0 radical (unpaired) electrons. The van der Waals surface area contributed by atoms with Crippen LogP contribution in [0.3, 0.4) is 0 Å². The number of nitrogens with zero attached hydrogens (tertiary/aromatic N) is 1. The van der Waals surface area contributed by atoms with Gasteiger partial charge in [-0.15, -0.1) is 24.0 Å². The fourth-order valence-corrected chi connectivity index (χ4v) is 2.49. The van der Waals surface area contributed by atoms with E-state index in [2.05, 4.69) is 20.4 Å². The van der Waals surface area contributed by atoms with E-state index in [9.17, 15) is 9.18 Å². The summed E-state index contributed by atoms with van der Waals surface area (Å²) < 4.78 is 18.3. The van der Waals surface area contributed by atoms with Gasteiger partial charge in [0.25, 0.3) is 0 Å². The summed E-state index contributed by atoms with van der Waals surface area (Å²) in [5.41, 5.74) is 2.32. The van der Waals surface area contributed by atoms with Crippen LogP contribution in [-0.4, -0.2) is 39.2 Å². The van der Waals surface area contributed by atoms with Crippen LogP contribution in [0, 0.1) is 5.82 Å². The normalized spacial score (nSPS) is 10.7. The van der Waals surface area contributed by atoms with E-state index in [1.54, 1.807) is 31.3 Å². The fraction of sp³-hybridized carbons (Fsp3) is 0.300. The molecule has 7 heteroatoms. The second kappa shape index (κ2) is 12.3. The number of methoxy groups -OCH3 is 1. The maximum atomic E-state index is 13.6. The molecule has 146 valence electrons. The molecule has 0 aromatic heterocycles. The zero-order chi connectivity index (χ0) is 18.8. The van der Waals surface area contributed by atoms with Crippen molar-refractivity contribution in [2.75, 3.05) is 27.2 Å². The first-order valence-corrected chi connectivity index (χ1v) is 8.49. The van der Waals surface area contributed by atoms with Crippen molar-refractivity contribution in [2.45, 2.75) is 12.8 Å². The predicted octanol–water partition coefficient (Wildman–Crippen LogP) is 3.18. The monoisotopic (exact) mass is 485 g/mol. The number of benzene rings is 2. The molecule has 0 amide bonds. The lowest BCUT2D eigenvalue weighted by atomic mass is 10.1. The highest BCUT2D eigenvalue weighted by molar-refractivity contribution is 14.0. The number of carbonyl (C=O) groups is 1. The molecular formula is C20H25FIN3O2. The van der Waals surface area contributed by atoms with Crippen molar-refractivity contribution in [2.24, 2.45) is 4.99 Å². The highest BCUT2D eigenvalue weighted by atomic mass is 127. The molecule has 2 rings (SSSR count). The largest absolute Gasteiger partial charge is 0.465 e. The summed E-state index contributed by atoms with van der Waals surface area (Å²) in [6.45, 7) is 1.28. The number of rotatable bonds is 7. The van der Waals surface area contributed by atoms with Crippen LogP contribution in [0.5, 0.6) is 0 Å². The lowest BCUT2D eigenvalue weighted by Gasteiger charge is -2.12. The van der Waals surface area contributed by atoms with Crippen LogP contribution in [0.4, 0.5) is 4.39 Å². The van der Waals surface area contributed by atoms with Gasteiger partial charge in [0.2, 0.25) is 0 Å². The summed E-state index contributed by atoms with van der Waals surface area (Å²) in [5.74, 6) is 0.147. The maximum Gasteiger partial charge on any atom is 0.337 e. The minimum Gasteiger partial charge on any atom is -0.465 e. The van der Waals surface area contributed by atoms with Crippen molar-refractivity contribution < 1.29 is 13.9 Å². The fourth-order valence-electron chi connectivity index (χ4n) is 2.49. The molecule has 0 bridgehead atoms. The van der Waals surface area contributed by atoms with E-state index in [1.165, 1.54) is 13.2 Å². The number of carbonyl (C=O) groups excluding carboxylic acids is 1. The third-order valence-electron chi connectivity index (χ3n) is 3.95. The van der Waals surface area contributed by atoms with Gasteiger partial charge in [-0.3, -0.25) is 4.99 Å². The molecule has 0 atom stereocenters. The van der Waals surface area contributed by atoms with Gasteiger partial charge in [0.15, 0.2) is 5.96 Å². The summed E-state index contributed by atoms with van der Waals surface area (Å²) >= 11 is 0. The Morgan fingerprint density at radius 2 is 1.67 bits per heavy atom. The predicted molar refractivity (Wildman–Crippen MR) is 116 cm³/mol. The average Bonchev–Trinajstić information content (AvgIpc) is 2.68. The van der Waals surface area contributed by atoms with E-state index in [-0.39, 0.29) is 35.8 Å². The molecule has 0 aliphatic heterocycles. The first-order chi connectivity index (χ1) is 12.6. The number of nitrogens with one attached hydrogen (secondary N) is 2. The van der Waals surface area contributed by atoms with Gasteiger partial charge in [-0.05, 0) is 42.2 Å². The van der Waals surface area contributed by atoms with Gasteiger partial charge < -0.3 is 15.4 Å². The van der Waals surface area contributed by atoms with Crippen LogP contribution in [0.2, 0.25) is 0 Å². The molecule has 0 fully saturated rings. The van der Waals surface area contributed by atoms with Gasteiger partial charge in [0.1, 0.15) is 5.82 Å². The summed E-state index contributed by atoms with van der Waals surface area (Å²) in [4.78, 5) is 15.6. The van der Waals surface area contributed by atoms with Crippen LogP contribution in [-0.2, 0) is 17.6 Å². The molecule has 0 aliphatic carbocycles. The topological polar surface area (TPSA) is 62.7 Å². The summed E-state index contributed by atoms with van der Waals surface area (Å²) in [6, 6.07) is 14.1.